The average molecular weight is 200 g/mol. The lowest BCUT2D eigenvalue weighted by Gasteiger charge is -1.93. The third-order valence-corrected chi connectivity index (χ3v) is 1.02. The van der Waals surface area contributed by atoms with Crippen LogP contribution in [0.1, 0.15) is 13.3 Å². The summed E-state index contributed by atoms with van der Waals surface area (Å²) >= 11 is 0. The second-order valence-electron chi connectivity index (χ2n) is 2.23. The molecule has 0 atom stereocenters. The van der Waals surface area contributed by atoms with Crippen LogP contribution < -0.4 is 11.5 Å². The molecule has 5 nitrogen and oxygen atoms in total. The molecule has 0 aromatic rings. The van der Waals surface area contributed by atoms with Crippen molar-refractivity contribution in [3.63, 3.8) is 0 Å². The van der Waals surface area contributed by atoms with Crippen molar-refractivity contribution in [1.29, 1.82) is 0 Å². The van der Waals surface area contributed by atoms with Crippen molar-refractivity contribution in [2.45, 2.75) is 13.3 Å². The van der Waals surface area contributed by atoms with Crippen LogP contribution in [-0.2, 0) is 14.3 Å². The number of carbonyl (C=O) groups excluding carboxylic acids is 2. The maximum Gasteiger partial charge on any atom is 0.244 e. The summed E-state index contributed by atoms with van der Waals surface area (Å²) in [6.45, 7) is 9.19. The van der Waals surface area contributed by atoms with Gasteiger partial charge in [-0.3, -0.25) is 9.59 Å². The predicted octanol–water partition coefficient (Wildman–Crippen LogP) is 0.0697. The molecule has 4 N–H and O–H groups in total. The molecule has 0 aliphatic heterocycles. The molecule has 0 fully saturated rings. The standard InChI is InChI=1S/C5H8N2O2.C4H8O/c1-3(5(7)9)2-4(6)8;1-3-5-4-2/h1-2H2,(H2,6,8)(H2,7,9);3H,1,4H2,2H3. The van der Waals surface area contributed by atoms with E-state index >= 15 is 0 Å². The van der Waals surface area contributed by atoms with Gasteiger partial charge >= 0.3 is 0 Å². The van der Waals surface area contributed by atoms with E-state index in [0.717, 1.165) is 6.61 Å². The van der Waals surface area contributed by atoms with E-state index in [1.54, 1.807) is 0 Å². The summed E-state index contributed by atoms with van der Waals surface area (Å²) < 4.78 is 4.60. The molecule has 0 aromatic carbocycles. The van der Waals surface area contributed by atoms with Crippen molar-refractivity contribution in [3.05, 3.63) is 25.0 Å². The van der Waals surface area contributed by atoms with Crippen molar-refractivity contribution < 1.29 is 14.3 Å². The molecule has 0 bridgehead atoms. The molecule has 0 radical (unpaired) electrons. The number of carbonyl (C=O) groups is 2. The Hall–Kier alpha value is -1.78. The first-order valence-electron chi connectivity index (χ1n) is 3.94. The fourth-order valence-electron chi connectivity index (χ4n) is 0.415. The van der Waals surface area contributed by atoms with Gasteiger partial charge in [-0.15, -0.1) is 0 Å². The number of nitrogens with two attached hydrogens (primary N) is 2. The van der Waals surface area contributed by atoms with E-state index in [2.05, 4.69) is 17.9 Å². The maximum atomic E-state index is 10.1. The van der Waals surface area contributed by atoms with Crippen molar-refractivity contribution in [1.82, 2.24) is 0 Å². The molecule has 0 unspecified atom stereocenters. The number of ether oxygens (including phenoxy) is 1. The van der Waals surface area contributed by atoms with E-state index in [1.807, 2.05) is 6.92 Å². The van der Waals surface area contributed by atoms with E-state index < -0.39 is 11.8 Å². The molecule has 0 aliphatic rings. The van der Waals surface area contributed by atoms with Gasteiger partial charge in [0.1, 0.15) is 0 Å². The lowest BCUT2D eigenvalue weighted by Crippen LogP contribution is -2.19. The smallest absolute Gasteiger partial charge is 0.244 e. The molecule has 2 amide bonds. The first-order chi connectivity index (χ1) is 6.45. The normalized spacial score (nSPS) is 7.79. The summed E-state index contributed by atoms with van der Waals surface area (Å²) in [6, 6.07) is 0. The largest absolute Gasteiger partial charge is 0.502 e. The SMILES string of the molecule is C=C(CC(N)=O)C(N)=O.C=COCC. The molecule has 0 heterocycles. The lowest BCUT2D eigenvalue weighted by molar-refractivity contribution is -0.120. The fourth-order valence-corrected chi connectivity index (χ4v) is 0.415. The second kappa shape index (κ2) is 9.31. The van der Waals surface area contributed by atoms with Crippen LogP contribution in [0.15, 0.2) is 25.0 Å². The van der Waals surface area contributed by atoms with Crippen molar-refractivity contribution in [2.75, 3.05) is 6.61 Å². The predicted molar refractivity (Wildman–Crippen MR) is 54.0 cm³/mol. The van der Waals surface area contributed by atoms with Gasteiger partial charge in [0.15, 0.2) is 0 Å². The summed E-state index contributed by atoms with van der Waals surface area (Å²) in [5.41, 5.74) is 9.51. The average Bonchev–Trinajstić information content (AvgIpc) is 2.05. The molecule has 0 saturated heterocycles. The van der Waals surface area contributed by atoms with Crippen LogP contribution in [-0.4, -0.2) is 18.4 Å². The van der Waals surface area contributed by atoms with Crippen molar-refractivity contribution in [3.8, 4) is 0 Å². The van der Waals surface area contributed by atoms with E-state index in [-0.39, 0.29) is 12.0 Å². The third kappa shape index (κ3) is 12.9. The highest BCUT2D eigenvalue weighted by Crippen LogP contribution is 1.92. The molecule has 0 aromatic heterocycles. The second-order valence-corrected chi connectivity index (χ2v) is 2.23. The minimum atomic E-state index is -0.686. The number of amides is 2. The Kier molecular flexibility index (Phi) is 9.79. The molecule has 5 heteroatoms. The number of hydrogen-bond donors (Lipinski definition) is 2. The molecular formula is C9H16N2O3. The molecule has 0 saturated carbocycles. The first kappa shape index (κ1) is 14.7. The Bertz CT molecular complexity index is 224. The third-order valence-electron chi connectivity index (χ3n) is 1.02. The van der Waals surface area contributed by atoms with E-state index in [0.29, 0.717) is 0 Å². The zero-order valence-electron chi connectivity index (χ0n) is 8.29. The Morgan fingerprint density at radius 3 is 2.00 bits per heavy atom. The topological polar surface area (TPSA) is 95.4 Å². The van der Waals surface area contributed by atoms with Gasteiger partial charge in [-0.25, -0.2) is 0 Å². The van der Waals surface area contributed by atoms with Gasteiger partial charge in [0.05, 0.1) is 19.3 Å². The highest BCUT2D eigenvalue weighted by Gasteiger charge is 2.03. The summed E-state index contributed by atoms with van der Waals surface area (Å²) in [5.74, 6) is -1.28. The Morgan fingerprint density at radius 1 is 1.43 bits per heavy atom. The zero-order valence-corrected chi connectivity index (χ0v) is 8.29. The summed E-state index contributed by atoms with van der Waals surface area (Å²) in [5, 5.41) is 0. The summed E-state index contributed by atoms with van der Waals surface area (Å²) in [6.07, 6.45) is 1.27. The fraction of sp³-hybridized carbons (Fsp3) is 0.333. The molecule has 80 valence electrons. The van der Waals surface area contributed by atoms with E-state index in [9.17, 15) is 9.59 Å². The molecule has 0 rings (SSSR count). The maximum absolute atomic E-state index is 10.1. The summed E-state index contributed by atoms with van der Waals surface area (Å²) in [4.78, 5) is 20.2. The van der Waals surface area contributed by atoms with Crippen LogP contribution in [0.3, 0.4) is 0 Å². The van der Waals surface area contributed by atoms with Crippen LogP contribution in [0.25, 0.3) is 0 Å². The minimum Gasteiger partial charge on any atom is -0.502 e. The van der Waals surface area contributed by atoms with Crippen LogP contribution in [0.2, 0.25) is 0 Å². The van der Waals surface area contributed by atoms with Gasteiger partial charge in [0.2, 0.25) is 11.8 Å². The van der Waals surface area contributed by atoms with Crippen LogP contribution in [0.4, 0.5) is 0 Å². The zero-order chi connectivity index (χ0) is 11.6. The van der Waals surface area contributed by atoms with Gasteiger partial charge in [-0.1, -0.05) is 13.2 Å². The van der Waals surface area contributed by atoms with Gasteiger partial charge < -0.3 is 16.2 Å². The first-order valence-corrected chi connectivity index (χ1v) is 3.94. The van der Waals surface area contributed by atoms with E-state index in [1.165, 1.54) is 6.26 Å². The van der Waals surface area contributed by atoms with Crippen molar-refractivity contribution in [2.24, 2.45) is 11.5 Å². The highest BCUT2D eigenvalue weighted by atomic mass is 16.5. The molecule has 14 heavy (non-hydrogen) atoms. The quantitative estimate of drug-likeness (QED) is 0.485. The van der Waals surface area contributed by atoms with Crippen LogP contribution in [0, 0.1) is 0 Å². The van der Waals surface area contributed by atoms with Gasteiger partial charge in [-0.05, 0) is 6.92 Å². The van der Waals surface area contributed by atoms with Gasteiger partial charge in [0, 0.05) is 5.57 Å². The monoisotopic (exact) mass is 200 g/mol. The summed E-state index contributed by atoms with van der Waals surface area (Å²) in [7, 11) is 0. The Balaban J connectivity index is 0. The van der Waals surface area contributed by atoms with Crippen LogP contribution >= 0.6 is 0 Å². The number of rotatable bonds is 5. The van der Waals surface area contributed by atoms with E-state index in [4.69, 9.17) is 11.5 Å². The number of hydrogen-bond acceptors (Lipinski definition) is 3. The van der Waals surface area contributed by atoms with Crippen molar-refractivity contribution >= 4 is 11.8 Å². The van der Waals surface area contributed by atoms with Gasteiger partial charge in [-0.2, -0.15) is 0 Å². The van der Waals surface area contributed by atoms with Gasteiger partial charge in [0.25, 0.3) is 0 Å². The highest BCUT2D eigenvalue weighted by molar-refractivity contribution is 5.96. The number of primary amides is 2. The lowest BCUT2D eigenvalue weighted by atomic mass is 10.2. The molecule has 0 spiro atoms. The Morgan fingerprint density at radius 2 is 1.93 bits per heavy atom. The Labute approximate surface area is 83.4 Å². The molecular weight excluding hydrogens is 184 g/mol. The minimum absolute atomic E-state index is 0.0440. The molecule has 0 aliphatic carbocycles. The van der Waals surface area contributed by atoms with Crippen LogP contribution in [0.5, 0.6) is 0 Å².